The summed E-state index contributed by atoms with van der Waals surface area (Å²) >= 11 is 0. The second-order valence-electron chi connectivity index (χ2n) is 6.69. The standard InChI is InChI=1S/C16H29N3O2/c1-12(17)7-8-15(20)18-14-9-10-19(11-14)16(21)13-5-3-2-4-6-13/h12-14H,2-11,17H2,1H3,(H,18,20). The van der Waals surface area contributed by atoms with Crippen molar-refractivity contribution in [1.82, 2.24) is 10.2 Å². The lowest BCUT2D eigenvalue weighted by atomic mass is 9.88. The molecule has 2 amide bonds. The highest BCUT2D eigenvalue weighted by molar-refractivity contribution is 5.80. The maximum Gasteiger partial charge on any atom is 0.225 e. The molecule has 3 N–H and O–H groups in total. The van der Waals surface area contributed by atoms with Crippen LogP contribution in [0.15, 0.2) is 0 Å². The van der Waals surface area contributed by atoms with E-state index >= 15 is 0 Å². The van der Waals surface area contributed by atoms with Gasteiger partial charge < -0.3 is 16.0 Å². The molecule has 0 bridgehead atoms. The molecule has 1 heterocycles. The number of carbonyl (C=O) groups excluding carboxylic acids is 2. The first-order valence-corrected chi connectivity index (χ1v) is 8.40. The second-order valence-corrected chi connectivity index (χ2v) is 6.69. The molecule has 0 aromatic heterocycles. The van der Waals surface area contributed by atoms with Crippen molar-refractivity contribution in [1.29, 1.82) is 0 Å². The zero-order valence-electron chi connectivity index (χ0n) is 13.1. The van der Waals surface area contributed by atoms with E-state index in [2.05, 4.69) is 5.32 Å². The lowest BCUT2D eigenvalue weighted by molar-refractivity contribution is -0.135. The Labute approximate surface area is 127 Å². The highest BCUT2D eigenvalue weighted by atomic mass is 16.2. The predicted octanol–water partition coefficient (Wildman–Crippen LogP) is 1.41. The molecule has 5 heteroatoms. The quantitative estimate of drug-likeness (QED) is 0.805. The Kier molecular flexibility index (Phi) is 6.03. The molecule has 1 saturated carbocycles. The van der Waals surface area contributed by atoms with Crippen molar-refractivity contribution in [3.8, 4) is 0 Å². The van der Waals surface area contributed by atoms with Gasteiger partial charge in [0.15, 0.2) is 0 Å². The normalized spacial score (nSPS) is 24.9. The smallest absolute Gasteiger partial charge is 0.225 e. The average Bonchev–Trinajstić information content (AvgIpc) is 2.93. The fraction of sp³-hybridized carbons (Fsp3) is 0.875. The van der Waals surface area contributed by atoms with E-state index in [0.29, 0.717) is 25.3 Å². The molecule has 0 radical (unpaired) electrons. The molecular weight excluding hydrogens is 266 g/mol. The fourth-order valence-electron chi connectivity index (χ4n) is 3.34. The number of likely N-dealkylation sites (tertiary alicyclic amines) is 1. The first-order chi connectivity index (χ1) is 10.1. The zero-order valence-corrected chi connectivity index (χ0v) is 13.1. The molecule has 0 aromatic rings. The van der Waals surface area contributed by atoms with Crippen molar-refractivity contribution < 1.29 is 9.59 Å². The van der Waals surface area contributed by atoms with Crippen LogP contribution in [0.25, 0.3) is 0 Å². The molecule has 2 fully saturated rings. The molecule has 1 aliphatic heterocycles. The molecule has 120 valence electrons. The van der Waals surface area contributed by atoms with Gasteiger partial charge in [-0.05, 0) is 32.6 Å². The van der Waals surface area contributed by atoms with Gasteiger partial charge in [-0.3, -0.25) is 9.59 Å². The van der Waals surface area contributed by atoms with Crippen LogP contribution < -0.4 is 11.1 Å². The van der Waals surface area contributed by atoms with Crippen LogP contribution in [0.5, 0.6) is 0 Å². The van der Waals surface area contributed by atoms with E-state index in [1.165, 1.54) is 19.3 Å². The molecule has 2 atom stereocenters. The van der Waals surface area contributed by atoms with E-state index in [1.54, 1.807) is 0 Å². The summed E-state index contributed by atoms with van der Waals surface area (Å²) in [5.41, 5.74) is 5.66. The van der Waals surface area contributed by atoms with Crippen molar-refractivity contribution in [3.63, 3.8) is 0 Å². The molecule has 0 spiro atoms. The minimum absolute atomic E-state index is 0.0590. The third-order valence-electron chi connectivity index (χ3n) is 4.65. The largest absolute Gasteiger partial charge is 0.352 e. The molecule has 1 aliphatic carbocycles. The number of hydrogen-bond donors (Lipinski definition) is 2. The maximum atomic E-state index is 12.4. The van der Waals surface area contributed by atoms with Gasteiger partial charge in [0.1, 0.15) is 0 Å². The van der Waals surface area contributed by atoms with E-state index in [-0.39, 0.29) is 23.9 Å². The van der Waals surface area contributed by atoms with Crippen LogP contribution in [-0.4, -0.2) is 41.9 Å². The van der Waals surface area contributed by atoms with Crippen molar-refractivity contribution in [2.45, 2.75) is 70.4 Å². The van der Waals surface area contributed by atoms with Crippen LogP contribution in [0.3, 0.4) is 0 Å². The number of amides is 2. The monoisotopic (exact) mass is 295 g/mol. The van der Waals surface area contributed by atoms with Crippen LogP contribution in [0.2, 0.25) is 0 Å². The van der Waals surface area contributed by atoms with Gasteiger partial charge in [-0.15, -0.1) is 0 Å². The summed E-state index contributed by atoms with van der Waals surface area (Å²) in [6.07, 6.45) is 7.78. The third kappa shape index (κ3) is 4.99. The number of nitrogens with two attached hydrogens (primary N) is 1. The summed E-state index contributed by atoms with van der Waals surface area (Å²) in [5.74, 6) is 0.595. The summed E-state index contributed by atoms with van der Waals surface area (Å²) in [7, 11) is 0. The molecule has 2 aliphatic rings. The van der Waals surface area contributed by atoms with Crippen LogP contribution in [0, 0.1) is 5.92 Å². The maximum absolute atomic E-state index is 12.4. The molecule has 5 nitrogen and oxygen atoms in total. The van der Waals surface area contributed by atoms with E-state index < -0.39 is 0 Å². The van der Waals surface area contributed by atoms with Gasteiger partial charge in [0.25, 0.3) is 0 Å². The molecule has 2 unspecified atom stereocenters. The highest BCUT2D eigenvalue weighted by Gasteiger charge is 2.31. The molecule has 1 saturated heterocycles. The SMILES string of the molecule is CC(N)CCC(=O)NC1CCN(C(=O)C2CCCCC2)C1. The number of carbonyl (C=O) groups is 2. The van der Waals surface area contributed by atoms with Crippen molar-refractivity contribution >= 4 is 11.8 Å². The summed E-state index contributed by atoms with van der Waals surface area (Å²) in [6, 6.07) is 0.182. The van der Waals surface area contributed by atoms with Gasteiger partial charge in [0.2, 0.25) is 11.8 Å². The van der Waals surface area contributed by atoms with Crippen LogP contribution in [0.1, 0.15) is 58.3 Å². The van der Waals surface area contributed by atoms with Gasteiger partial charge in [0, 0.05) is 37.5 Å². The van der Waals surface area contributed by atoms with Crippen LogP contribution >= 0.6 is 0 Å². The molecule has 0 aromatic carbocycles. The van der Waals surface area contributed by atoms with Crippen LogP contribution in [-0.2, 0) is 9.59 Å². The van der Waals surface area contributed by atoms with E-state index in [4.69, 9.17) is 5.73 Å². The van der Waals surface area contributed by atoms with E-state index in [9.17, 15) is 9.59 Å². The third-order valence-corrected chi connectivity index (χ3v) is 4.65. The Morgan fingerprint density at radius 1 is 1.24 bits per heavy atom. The first-order valence-electron chi connectivity index (χ1n) is 8.40. The highest BCUT2D eigenvalue weighted by Crippen LogP contribution is 2.26. The Balaban J connectivity index is 1.72. The summed E-state index contributed by atoms with van der Waals surface area (Å²) < 4.78 is 0. The van der Waals surface area contributed by atoms with E-state index in [0.717, 1.165) is 25.8 Å². The fourth-order valence-corrected chi connectivity index (χ4v) is 3.34. The lowest BCUT2D eigenvalue weighted by Crippen LogP contribution is -2.40. The van der Waals surface area contributed by atoms with Gasteiger partial charge in [-0.2, -0.15) is 0 Å². The lowest BCUT2D eigenvalue weighted by Gasteiger charge is -2.26. The molecule has 21 heavy (non-hydrogen) atoms. The first kappa shape index (κ1) is 16.3. The van der Waals surface area contributed by atoms with Gasteiger partial charge >= 0.3 is 0 Å². The summed E-state index contributed by atoms with van der Waals surface area (Å²) in [4.78, 5) is 26.2. The average molecular weight is 295 g/mol. The van der Waals surface area contributed by atoms with Crippen molar-refractivity contribution in [2.75, 3.05) is 13.1 Å². The van der Waals surface area contributed by atoms with Gasteiger partial charge in [0.05, 0.1) is 0 Å². The van der Waals surface area contributed by atoms with E-state index in [1.807, 2.05) is 11.8 Å². The predicted molar refractivity (Wildman–Crippen MR) is 82.6 cm³/mol. The van der Waals surface area contributed by atoms with Crippen molar-refractivity contribution in [3.05, 3.63) is 0 Å². The Morgan fingerprint density at radius 3 is 2.62 bits per heavy atom. The Hall–Kier alpha value is -1.10. The second kappa shape index (κ2) is 7.78. The van der Waals surface area contributed by atoms with Gasteiger partial charge in [-0.1, -0.05) is 19.3 Å². The van der Waals surface area contributed by atoms with Crippen molar-refractivity contribution in [2.24, 2.45) is 11.7 Å². The molecular formula is C16H29N3O2. The molecule has 2 rings (SSSR count). The summed E-state index contributed by atoms with van der Waals surface area (Å²) in [6.45, 7) is 3.38. The number of nitrogens with zero attached hydrogens (tertiary/aromatic N) is 1. The minimum atomic E-state index is 0.0590. The van der Waals surface area contributed by atoms with Crippen LogP contribution in [0.4, 0.5) is 0 Å². The Bertz CT molecular complexity index is 365. The minimum Gasteiger partial charge on any atom is -0.352 e. The van der Waals surface area contributed by atoms with Gasteiger partial charge in [-0.25, -0.2) is 0 Å². The number of hydrogen-bond acceptors (Lipinski definition) is 3. The Morgan fingerprint density at radius 2 is 1.95 bits per heavy atom. The number of rotatable bonds is 5. The zero-order chi connectivity index (χ0) is 15.2. The topological polar surface area (TPSA) is 75.4 Å². The summed E-state index contributed by atoms with van der Waals surface area (Å²) in [5, 5.41) is 3.03. The number of nitrogens with one attached hydrogen (secondary N) is 1.